The molecule has 146 valence electrons. The first-order valence-electron chi connectivity index (χ1n) is 9.03. The van der Waals surface area contributed by atoms with Crippen LogP contribution >= 0.6 is 11.3 Å². The molecule has 0 saturated carbocycles. The molecule has 1 aliphatic heterocycles. The molecule has 1 aliphatic rings. The largest absolute Gasteiger partial charge is 0.379 e. The number of aromatic nitrogens is 2. The standard InChI is InChI=1S/C18H25N5O3S/c1-14-16(15-2-4-19-5-3-15)27-18(21-14)22-17(24)20-6-10-25-11-7-23-8-12-26-13-9-23/h2-5H,6-13H2,1H3,(H2,20,21,22,24). The van der Waals surface area contributed by atoms with Gasteiger partial charge in [-0.05, 0) is 24.6 Å². The molecule has 9 heteroatoms. The molecule has 0 unspecified atom stereocenters. The third kappa shape index (κ3) is 6.24. The Morgan fingerprint density at radius 3 is 2.85 bits per heavy atom. The minimum Gasteiger partial charge on any atom is -0.379 e. The summed E-state index contributed by atoms with van der Waals surface area (Å²) >= 11 is 1.45. The summed E-state index contributed by atoms with van der Waals surface area (Å²) in [5, 5.41) is 6.14. The molecule has 2 aromatic rings. The Balaban J connectivity index is 1.33. The minimum absolute atomic E-state index is 0.276. The molecule has 2 N–H and O–H groups in total. The number of hydrogen-bond acceptors (Lipinski definition) is 7. The lowest BCUT2D eigenvalue weighted by molar-refractivity contribution is 0.0209. The number of rotatable bonds is 8. The normalized spacial score (nSPS) is 14.9. The number of ether oxygens (including phenoxy) is 2. The van der Waals surface area contributed by atoms with Crippen LogP contribution in [-0.2, 0) is 9.47 Å². The van der Waals surface area contributed by atoms with E-state index in [-0.39, 0.29) is 6.03 Å². The highest BCUT2D eigenvalue weighted by Gasteiger charge is 2.12. The van der Waals surface area contributed by atoms with Crippen molar-refractivity contribution < 1.29 is 14.3 Å². The summed E-state index contributed by atoms with van der Waals surface area (Å²) in [7, 11) is 0. The van der Waals surface area contributed by atoms with Gasteiger partial charge in [0.15, 0.2) is 5.13 Å². The zero-order chi connectivity index (χ0) is 18.9. The topological polar surface area (TPSA) is 88.6 Å². The first-order chi connectivity index (χ1) is 13.2. The quantitative estimate of drug-likeness (QED) is 0.669. The van der Waals surface area contributed by atoms with E-state index in [1.54, 1.807) is 12.4 Å². The smallest absolute Gasteiger partial charge is 0.321 e. The van der Waals surface area contributed by atoms with Crippen LogP contribution in [0.15, 0.2) is 24.5 Å². The number of nitrogens with one attached hydrogen (secondary N) is 2. The highest BCUT2D eigenvalue weighted by molar-refractivity contribution is 7.19. The number of anilines is 1. The van der Waals surface area contributed by atoms with Gasteiger partial charge in [0.05, 0.1) is 37.0 Å². The number of urea groups is 1. The van der Waals surface area contributed by atoms with E-state index < -0.39 is 0 Å². The first kappa shape index (κ1) is 19.7. The van der Waals surface area contributed by atoms with Crippen molar-refractivity contribution in [3.8, 4) is 10.4 Å². The second-order valence-electron chi connectivity index (χ2n) is 6.12. The maximum atomic E-state index is 12.0. The summed E-state index contributed by atoms with van der Waals surface area (Å²) in [5.41, 5.74) is 1.93. The van der Waals surface area contributed by atoms with Crippen LogP contribution < -0.4 is 10.6 Å². The summed E-state index contributed by atoms with van der Waals surface area (Å²) in [6.07, 6.45) is 3.49. The molecule has 0 aromatic carbocycles. The van der Waals surface area contributed by atoms with E-state index in [9.17, 15) is 4.79 Å². The molecule has 0 aliphatic carbocycles. The van der Waals surface area contributed by atoms with Gasteiger partial charge in [-0.15, -0.1) is 0 Å². The Morgan fingerprint density at radius 1 is 1.30 bits per heavy atom. The predicted octanol–water partition coefficient (Wildman–Crippen LogP) is 1.98. The SMILES string of the molecule is Cc1nc(NC(=O)NCCOCCN2CCOCC2)sc1-c1ccncc1. The van der Waals surface area contributed by atoms with Crippen LogP contribution in [0.1, 0.15) is 5.69 Å². The average Bonchev–Trinajstić information content (AvgIpc) is 3.06. The number of carbonyl (C=O) groups is 1. The van der Waals surface area contributed by atoms with E-state index in [0.717, 1.165) is 49.0 Å². The number of amides is 2. The fourth-order valence-electron chi connectivity index (χ4n) is 2.72. The van der Waals surface area contributed by atoms with Crippen LogP contribution in [0, 0.1) is 6.92 Å². The summed E-state index contributed by atoms with van der Waals surface area (Å²) in [6.45, 7) is 7.92. The van der Waals surface area contributed by atoms with Gasteiger partial charge in [-0.1, -0.05) is 11.3 Å². The Hall–Kier alpha value is -2.07. The van der Waals surface area contributed by atoms with Crippen LogP contribution in [0.3, 0.4) is 0 Å². The fraction of sp³-hybridized carbons (Fsp3) is 0.500. The van der Waals surface area contributed by atoms with E-state index in [0.29, 0.717) is 24.9 Å². The van der Waals surface area contributed by atoms with Crippen molar-refractivity contribution in [2.24, 2.45) is 0 Å². The van der Waals surface area contributed by atoms with Crippen LogP contribution in [0.2, 0.25) is 0 Å². The van der Waals surface area contributed by atoms with Crippen LogP contribution in [0.25, 0.3) is 10.4 Å². The van der Waals surface area contributed by atoms with Crippen LogP contribution in [0.5, 0.6) is 0 Å². The number of carbonyl (C=O) groups excluding carboxylic acids is 1. The number of hydrogen-bond donors (Lipinski definition) is 2. The van der Waals surface area contributed by atoms with Gasteiger partial charge in [0.1, 0.15) is 0 Å². The molecule has 0 spiro atoms. The maximum absolute atomic E-state index is 12.0. The van der Waals surface area contributed by atoms with Crippen LogP contribution in [-0.4, -0.2) is 73.5 Å². The zero-order valence-electron chi connectivity index (χ0n) is 15.4. The molecular formula is C18H25N5O3S. The van der Waals surface area contributed by atoms with Crippen molar-refractivity contribution in [3.63, 3.8) is 0 Å². The van der Waals surface area contributed by atoms with Crippen LogP contribution in [0.4, 0.5) is 9.93 Å². The maximum Gasteiger partial charge on any atom is 0.321 e. The lowest BCUT2D eigenvalue weighted by Gasteiger charge is -2.26. The summed E-state index contributed by atoms with van der Waals surface area (Å²) in [6, 6.07) is 3.58. The molecule has 27 heavy (non-hydrogen) atoms. The average molecular weight is 391 g/mol. The minimum atomic E-state index is -0.276. The van der Waals surface area contributed by atoms with Gasteiger partial charge in [0.25, 0.3) is 0 Å². The van der Waals surface area contributed by atoms with Crippen molar-refractivity contribution in [1.29, 1.82) is 0 Å². The van der Waals surface area contributed by atoms with E-state index in [4.69, 9.17) is 9.47 Å². The Morgan fingerprint density at radius 2 is 2.07 bits per heavy atom. The molecule has 1 fully saturated rings. The molecule has 0 radical (unpaired) electrons. The van der Waals surface area contributed by atoms with Crippen molar-refractivity contribution in [3.05, 3.63) is 30.2 Å². The molecule has 8 nitrogen and oxygen atoms in total. The predicted molar refractivity (Wildman–Crippen MR) is 105 cm³/mol. The van der Waals surface area contributed by atoms with Crippen molar-refractivity contribution in [1.82, 2.24) is 20.2 Å². The van der Waals surface area contributed by atoms with Gasteiger partial charge in [-0.2, -0.15) is 0 Å². The number of aryl methyl sites for hydroxylation is 1. The molecule has 0 atom stereocenters. The second kappa shape index (κ2) is 10.3. The van der Waals surface area contributed by atoms with Crippen molar-refractivity contribution in [2.45, 2.75) is 6.92 Å². The zero-order valence-corrected chi connectivity index (χ0v) is 16.3. The van der Waals surface area contributed by atoms with E-state index >= 15 is 0 Å². The monoisotopic (exact) mass is 391 g/mol. The molecule has 2 aromatic heterocycles. The molecule has 3 rings (SSSR count). The summed E-state index contributed by atoms with van der Waals surface area (Å²) in [5.74, 6) is 0. The molecular weight excluding hydrogens is 366 g/mol. The van der Waals surface area contributed by atoms with Gasteiger partial charge >= 0.3 is 6.03 Å². The van der Waals surface area contributed by atoms with Gasteiger partial charge in [0, 0.05) is 38.6 Å². The molecule has 3 heterocycles. The highest BCUT2D eigenvalue weighted by atomic mass is 32.1. The Labute approximate surface area is 162 Å². The number of nitrogens with zero attached hydrogens (tertiary/aromatic N) is 3. The lowest BCUT2D eigenvalue weighted by atomic mass is 10.2. The van der Waals surface area contributed by atoms with E-state index in [1.807, 2.05) is 19.1 Å². The van der Waals surface area contributed by atoms with Crippen molar-refractivity contribution in [2.75, 3.05) is 57.9 Å². The third-order valence-corrected chi connectivity index (χ3v) is 5.27. The van der Waals surface area contributed by atoms with Gasteiger partial charge in [-0.3, -0.25) is 15.2 Å². The number of morpholine rings is 1. The molecule has 0 bridgehead atoms. The lowest BCUT2D eigenvalue weighted by Crippen LogP contribution is -2.38. The fourth-order valence-corrected chi connectivity index (χ4v) is 3.69. The molecule has 1 saturated heterocycles. The van der Waals surface area contributed by atoms with E-state index in [1.165, 1.54) is 11.3 Å². The van der Waals surface area contributed by atoms with Gasteiger partial charge < -0.3 is 14.8 Å². The number of thiazole rings is 1. The van der Waals surface area contributed by atoms with E-state index in [2.05, 4.69) is 25.5 Å². The number of pyridine rings is 1. The summed E-state index contributed by atoms with van der Waals surface area (Å²) < 4.78 is 10.9. The summed E-state index contributed by atoms with van der Waals surface area (Å²) in [4.78, 5) is 23.8. The van der Waals surface area contributed by atoms with Crippen molar-refractivity contribution >= 4 is 22.5 Å². The Kier molecular flexibility index (Phi) is 7.52. The third-order valence-electron chi connectivity index (χ3n) is 4.15. The highest BCUT2D eigenvalue weighted by Crippen LogP contribution is 2.32. The van der Waals surface area contributed by atoms with Gasteiger partial charge in [0.2, 0.25) is 0 Å². The van der Waals surface area contributed by atoms with Gasteiger partial charge in [-0.25, -0.2) is 9.78 Å². The first-order valence-corrected chi connectivity index (χ1v) is 9.84. The Bertz CT molecular complexity index is 719. The second-order valence-corrected chi connectivity index (χ2v) is 7.12. The molecule has 2 amide bonds.